The monoisotopic (exact) mass is 251 g/mol. The van der Waals surface area contributed by atoms with Gasteiger partial charge in [-0.3, -0.25) is 4.98 Å². The zero-order valence-corrected chi connectivity index (χ0v) is 11.6. The van der Waals surface area contributed by atoms with Crippen molar-refractivity contribution in [3.05, 3.63) is 18.1 Å². The lowest BCUT2D eigenvalue weighted by Gasteiger charge is -2.33. The number of anilines is 1. The van der Waals surface area contributed by atoms with Gasteiger partial charge < -0.3 is 10.4 Å². The van der Waals surface area contributed by atoms with Crippen LogP contribution in [0.3, 0.4) is 0 Å². The summed E-state index contributed by atoms with van der Waals surface area (Å²) in [5.41, 5.74) is -0.0511. The molecule has 18 heavy (non-hydrogen) atoms. The molecule has 0 aliphatic heterocycles. The molecule has 0 amide bonds. The molecule has 0 spiro atoms. The van der Waals surface area contributed by atoms with Gasteiger partial charge in [0.1, 0.15) is 5.82 Å². The molecule has 1 heterocycles. The highest BCUT2D eigenvalue weighted by Gasteiger charge is 2.25. The standard InChI is InChI=1S/C13H21N3O2/c1-12(2,3)8-13(4,5)16-10-7-14-6-9(15-10)11(17)18/h6-7H,8H2,1-5H3,(H,15,16)(H,17,18). The number of hydrogen-bond acceptors (Lipinski definition) is 4. The van der Waals surface area contributed by atoms with Crippen LogP contribution >= 0.6 is 0 Å². The molecule has 1 aromatic heterocycles. The van der Waals surface area contributed by atoms with Crippen LogP contribution in [-0.2, 0) is 0 Å². The molecular formula is C13H21N3O2. The summed E-state index contributed by atoms with van der Waals surface area (Å²) in [5.74, 6) is -0.580. The quantitative estimate of drug-likeness (QED) is 0.860. The van der Waals surface area contributed by atoms with Crippen LogP contribution in [0.25, 0.3) is 0 Å². The van der Waals surface area contributed by atoms with Crippen LogP contribution in [0.1, 0.15) is 51.5 Å². The number of carboxylic acids is 1. The Balaban J connectivity index is 2.84. The molecule has 0 atom stereocenters. The molecule has 5 heteroatoms. The van der Waals surface area contributed by atoms with Gasteiger partial charge in [-0.05, 0) is 25.7 Å². The number of aromatic carboxylic acids is 1. The molecule has 0 saturated heterocycles. The molecule has 0 unspecified atom stereocenters. The summed E-state index contributed by atoms with van der Waals surface area (Å²) in [7, 11) is 0. The van der Waals surface area contributed by atoms with E-state index in [-0.39, 0.29) is 16.6 Å². The van der Waals surface area contributed by atoms with E-state index in [2.05, 4.69) is 49.9 Å². The fourth-order valence-corrected chi connectivity index (χ4v) is 2.25. The minimum absolute atomic E-state index is 0.0495. The van der Waals surface area contributed by atoms with Gasteiger partial charge in [-0.25, -0.2) is 9.78 Å². The van der Waals surface area contributed by atoms with Crippen molar-refractivity contribution >= 4 is 11.8 Å². The van der Waals surface area contributed by atoms with Gasteiger partial charge in [0.15, 0.2) is 5.69 Å². The first-order chi connectivity index (χ1) is 8.09. The fourth-order valence-electron chi connectivity index (χ4n) is 2.25. The molecule has 1 rings (SSSR count). The molecule has 0 fully saturated rings. The molecule has 100 valence electrons. The van der Waals surface area contributed by atoms with Crippen molar-refractivity contribution in [2.75, 3.05) is 5.32 Å². The van der Waals surface area contributed by atoms with Crippen molar-refractivity contribution in [2.45, 2.75) is 46.6 Å². The Labute approximate surface area is 108 Å². The Morgan fingerprint density at radius 1 is 1.28 bits per heavy atom. The number of carboxylic acid groups (broad SMARTS) is 1. The van der Waals surface area contributed by atoms with Gasteiger partial charge in [-0.1, -0.05) is 20.8 Å². The normalized spacial score (nSPS) is 12.3. The first kappa shape index (κ1) is 14.4. The number of nitrogens with one attached hydrogen (secondary N) is 1. The molecule has 5 nitrogen and oxygen atoms in total. The van der Waals surface area contributed by atoms with E-state index < -0.39 is 5.97 Å². The molecule has 0 aromatic carbocycles. The lowest BCUT2D eigenvalue weighted by molar-refractivity contribution is 0.0690. The zero-order chi connectivity index (χ0) is 14.0. The topological polar surface area (TPSA) is 75.1 Å². The SMILES string of the molecule is CC(C)(C)CC(C)(C)Nc1cncc(C(=O)O)n1. The van der Waals surface area contributed by atoms with E-state index in [0.717, 1.165) is 6.42 Å². The maximum absolute atomic E-state index is 10.8. The molecular weight excluding hydrogens is 230 g/mol. The fraction of sp³-hybridized carbons (Fsp3) is 0.615. The Hall–Kier alpha value is -1.65. The van der Waals surface area contributed by atoms with E-state index in [4.69, 9.17) is 5.11 Å². The summed E-state index contributed by atoms with van der Waals surface area (Å²) in [6.07, 6.45) is 3.71. The van der Waals surface area contributed by atoms with Crippen LogP contribution < -0.4 is 5.32 Å². The molecule has 0 saturated carbocycles. The van der Waals surface area contributed by atoms with Crippen LogP contribution in [0.2, 0.25) is 0 Å². The number of aromatic nitrogens is 2. The van der Waals surface area contributed by atoms with Crippen LogP contribution in [-0.4, -0.2) is 26.6 Å². The highest BCUT2D eigenvalue weighted by atomic mass is 16.4. The van der Waals surface area contributed by atoms with Gasteiger partial charge in [-0.15, -0.1) is 0 Å². The highest BCUT2D eigenvalue weighted by molar-refractivity contribution is 5.85. The molecule has 0 aliphatic carbocycles. The Morgan fingerprint density at radius 2 is 1.89 bits per heavy atom. The highest BCUT2D eigenvalue weighted by Crippen LogP contribution is 2.29. The summed E-state index contributed by atoms with van der Waals surface area (Å²) in [5, 5.41) is 12.1. The van der Waals surface area contributed by atoms with Crippen molar-refractivity contribution in [2.24, 2.45) is 5.41 Å². The molecule has 0 radical (unpaired) electrons. The summed E-state index contributed by atoms with van der Waals surface area (Å²) in [4.78, 5) is 18.7. The maximum Gasteiger partial charge on any atom is 0.356 e. The number of nitrogens with zero attached hydrogens (tertiary/aromatic N) is 2. The minimum Gasteiger partial charge on any atom is -0.476 e. The molecule has 1 aromatic rings. The third kappa shape index (κ3) is 4.69. The number of hydrogen-bond donors (Lipinski definition) is 2. The van der Waals surface area contributed by atoms with Gasteiger partial charge in [0.05, 0.1) is 12.4 Å². The average molecular weight is 251 g/mol. The first-order valence-electron chi connectivity index (χ1n) is 5.93. The second-order valence-electron chi connectivity index (χ2n) is 6.34. The Bertz CT molecular complexity index is 436. The lowest BCUT2D eigenvalue weighted by Crippen LogP contribution is -2.35. The minimum atomic E-state index is -1.07. The predicted molar refractivity (Wildman–Crippen MR) is 70.8 cm³/mol. The van der Waals surface area contributed by atoms with Crippen molar-refractivity contribution in [3.63, 3.8) is 0 Å². The van der Waals surface area contributed by atoms with Crippen molar-refractivity contribution in [1.29, 1.82) is 0 Å². The predicted octanol–water partition coefficient (Wildman–Crippen LogP) is 2.80. The van der Waals surface area contributed by atoms with E-state index in [9.17, 15) is 4.79 Å². The third-order valence-electron chi connectivity index (χ3n) is 2.29. The van der Waals surface area contributed by atoms with Gasteiger partial charge in [0.2, 0.25) is 0 Å². The lowest BCUT2D eigenvalue weighted by atomic mass is 9.82. The summed E-state index contributed by atoms with van der Waals surface area (Å²) < 4.78 is 0. The van der Waals surface area contributed by atoms with Gasteiger partial charge in [-0.2, -0.15) is 0 Å². The molecule has 0 bridgehead atoms. The first-order valence-corrected chi connectivity index (χ1v) is 5.93. The van der Waals surface area contributed by atoms with Crippen molar-refractivity contribution < 1.29 is 9.90 Å². The summed E-state index contributed by atoms with van der Waals surface area (Å²) >= 11 is 0. The molecule has 0 aliphatic rings. The zero-order valence-electron chi connectivity index (χ0n) is 11.6. The van der Waals surface area contributed by atoms with Crippen LogP contribution in [0.4, 0.5) is 5.82 Å². The van der Waals surface area contributed by atoms with Crippen molar-refractivity contribution in [1.82, 2.24) is 9.97 Å². The Morgan fingerprint density at radius 3 is 2.39 bits per heavy atom. The van der Waals surface area contributed by atoms with Crippen LogP contribution in [0, 0.1) is 5.41 Å². The second-order valence-corrected chi connectivity index (χ2v) is 6.34. The number of carbonyl (C=O) groups is 1. The van der Waals surface area contributed by atoms with E-state index in [1.807, 2.05) is 0 Å². The van der Waals surface area contributed by atoms with E-state index in [0.29, 0.717) is 5.82 Å². The van der Waals surface area contributed by atoms with E-state index in [1.54, 1.807) is 0 Å². The van der Waals surface area contributed by atoms with Crippen molar-refractivity contribution in [3.8, 4) is 0 Å². The van der Waals surface area contributed by atoms with Crippen LogP contribution in [0.15, 0.2) is 12.4 Å². The van der Waals surface area contributed by atoms with E-state index in [1.165, 1.54) is 12.4 Å². The van der Waals surface area contributed by atoms with Gasteiger partial charge >= 0.3 is 5.97 Å². The summed E-state index contributed by atoms with van der Waals surface area (Å²) in [6, 6.07) is 0. The Kier molecular flexibility index (Phi) is 3.94. The van der Waals surface area contributed by atoms with Crippen LogP contribution in [0.5, 0.6) is 0 Å². The number of rotatable bonds is 4. The van der Waals surface area contributed by atoms with Gasteiger partial charge in [0.25, 0.3) is 0 Å². The maximum atomic E-state index is 10.8. The van der Waals surface area contributed by atoms with Gasteiger partial charge in [0, 0.05) is 5.54 Å². The average Bonchev–Trinajstić information content (AvgIpc) is 2.12. The largest absolute Gasteiger partial charge is 0.476 e. The molecule has 2 N–H and O–H groups in total. The second kappa shape index (κ2) is 4.92. The summed E-state index contributed by atoms with van der Waals surface area (Å²) in [6.45, 7) is 10.6. The smallest absolute Gasteiger partial charge is 0.356 e. The van der Waals surface area contributed by atoms with E-state index >= 15 is 0 Å². The third-order valence-corrected chi connectivity index (χ3v) is 2.29.